The minimum atomic E-state index is 0.741. The molecule has 2 N–H and O–H groups in total. The third-order valence-corrected chi connectivity index (χ3v) is 2.82. The number of hydrogen-bond acceptors (Lipinski definition) is 2. The van der Waals surface area contributed by atoms with Crippen molar-refractivity contribution in [1.82, 2.24) is 0 Å². The zero-order valence-electron chi connectivity index (χ0n) is 8.96. The number of aryl methyl sites for hydroxylation is 1. The first-order chi connectivity index (χ1) is 6.72. The number of nitrogens with zero attached hydrogens (tertiary/aromatic N) is 1. The zero-order chi connectivity index (χ0) is 10.1. The van der Waals surface area contributed by atoms with Gasteiger partial charge in [-0.05, 0) is 44.4 Å². The van der Waals surface area contributed by atoms with Gasteiger partial charge in [-0.25, -0.2) is 0 Å². The maximum Gasteiger partial charge on any atom is 0.0602 e. The molecule has 2 nitrogen and oxygen atoms in total. The van der Waals surface area contributed by atoms with Crippen molar-refractivity contribution in [3.8, 4) is 0 Å². The lowest BCUT2D eigenvalue weighted by Crippen LogP contribution is -2.25. The lowest BCUT2D eigenvalue weighted by molar-refractivity contribution is 0.827. The number of anilines is 2. The molecule has 0 saturated heterocycles. The normalized spacial score (nSPS) is 15.6. The quantitative estimate of drug-likeness (QED) is 0.742. The van der Waals surface area contributed by atoms with Gasteiger partial charge in [-0.15, -0.1) is 0 Å². The molecule has 1 saturated carbocycles. The van der Waals surface area contributed by atoms with Gasteiger partial charge in [0.1, 0.15) is 0 Å². The van der Waals surface area contributed by atoms with E-state index in [-0.39, 0.29) is 0 Å². The number of rotatable bonds is 3. The molecule has 0 unspecified atom stereocenters. The molecule has 0 aliphatic heterocycles. The van der Waals surface area contributed by atoms with Crippen molar-refractivity contribution >= 4 is 11.4 Å². The number of nitrogen functional groups attached to an aromatic ring is 1. The van der Waals surface area contributed by atoms with E-state index in [1.54, 1.807) is 0 Å². The Balaban J connectivity index is 2.29. The van der Waals surface area contributed by atoms with Gasteiger partial charge in [-0.1, -0.05) is 6.07 Å². The molecule has 1 aliphatic carbocycles. The van der Waals surface area contributed by atoms with Gasteiger partial charge >= 0.3 is 0 Å². The Morgan fingerprint density at radius 3 is 2.64 bits per heavy atom. The van der Waals surface area contributed by atoms with E-state index in [9.17, 15) is 0 Å². The smallest absolute Gasteiger partial charge is 0.0602 e. The van der Waals surface area contributed by atoms with Gasteiger partial charge in [0.2, 0.25) is 0 Å². The Labute approximate surface area is 85.7 Å². The standard InChI is InChI=1S/C12H18N2/c1-3-14(10-5-6-10)12-7-4-9(2)8-11(12)13/h4,7-8,10H,3,5-6,13H2,1-2H3. The second-order valence-corrected chi connectivity index (χ2v) is 4.08. The van der Waals surface area contributed by atoms with Crippen molar-refractivity contribution in [2.24, 2.45) is 0 Å². The van der Waals surface area contributed by atoms with Crippen LogP contribution in [0.25, 0.3) is 0 Å². The predicted octanol–water partition coefficient (Wildman–Crippen LogP) is 2.57. The van der Waals surface area contributed by atoms with Gasteiger partial charge in [0.25, 0.3) is 0 Å². The van der Waals surface area contributed by atoms with Gasteiger partial charge in [0.15, 0.2) is 0 Å². The number of hydrogen-bond donors (Lipinski definition) is 1. The molecule has 2 heteroatoms. The summed E-state index contributed by atoms with van der Waals surface area (Å²) in [7, 11) is 0. The van der Waals surface area contributed by atoms with Gasteiger partial charge in [-0.2, -0.15) is 0 Å². The van der Waals surface area contributed by atoms with Crippen LogP contribution >= 0.6 is 0 Å². The summed E-state index contributed by atoms with van der Waals surface area (Å²) < 4.78 is 0. The van der Waals surface area contributed by atoms with E-state index in [0.717, 1.165) is 18.3 Å². The zero-order valence-corrected chi connectivity index (χ0v) is 8.96. The largest absolute Gasteiger partial charge is 0.397 e. The second kappa shape index (κ2) is 3.52. The SMILES string of the molecule is CCN(c1ccc(C)cc1N)C1CC1. The summed E-state index contributed by atoms with van der Waals surface area (Å²) in [6.45, 7) is 5.32. The molecule has 0 amide bonds. The van der Waals surface area contributed by atoms with E-state index in [4.69, 9.17) is 5.73 Å². The Hall–Kier alpha value is -1.18. The van der Waals surface area contributed by atoms with E-state index < -0.39 is 0 Å². The van der Waals surface area contributed by atoms with E-state index >= 15 is 0 Å². The van der Waals surface area contributed by atoms with E-state index in [1.165, 1.54) is 24.1 Å². The van der Waals surface area contributed by atoms with Crippen molar-refractivity contribution in [2.45, 2.75) is 32.7 Å². The van der Waals surface area contributed by atoms with Crippen molar-refractivity contribution in [2.75, 3.05) is 17.2 Å². The van der Waals surface area contributed by atoms with Crippen LogP contribution in [0.5, 0.6) is 0 Å². The van der Waals surface area contributed by atoms with Gasteiger partial charge in [-0.3, -0.25) is 0 Å². The minimum absolute atomic E-state index is 0.741. The molecule has 0 spiro atoms. The van der Waals surface area contributed by atoms with Crippen molar-refractivity contribution < 1.29 is 0 Å². The van der Waals surface area contributed by atoms with Crippen LogP contribution in [-0.4, -0.2) is 12.6 Å². The molecule has 76 valence electrons. The summed E-state index contributed by atoms with van der Waals surface area (Å²) in [6.07, 6.45) is 2.64. The average molecular weight is 190 g/mol. The first-order valence-electron chi connectivity index (χ1n) is 5.35. The highest BCUT2D eigenvalue weighted by Gasteiger charge is 2.28. The summed E-state index contributed by atoms with van der Waals surface area (Å²) in [6, 6.07) is 7.08. The maximum atomic E-state index is 6.02. The minimum Gasteiger partial charge on any atom is -0.397 e. The number of nitrogens with two attached hydrogens (primary N) is 1. The lowest BCUT2D eigenvalue weighted by atomic mass is 10.2. The van der Waals surface area contributed by atoms with Crippen LogP contribution in [0, 0.1) is 6.92 Å². The maximum absolute atomic E-state index is 6.02. The Bertz CT molecular complexity index is 329. The second-order valence-electron chi connectivity index (χ2n) is 4.08. The van der Waals surface area contributed by atoms with Crippen LogP contribution in [0.3, 0.4) is 0 Å². The molecule has 0 bridgehead atoms. The molecule has 1 aliphatic rings. The highest BCUT2D eigenvalue weighted by Crippen LogP contribution is 2.34. The summed E-state index contributed by atoms with van der Waals surface area (Å²) in [5.74, 6) is 0. The molecule has 0 heterocycles. The Kier molecular flexibility index (Phi) is 2.36. The van der Waals surface area contributed by atoms with Gasteiger partial charge in [0, 0.05) is 12.6 Å². The van der Waals surface area contributed by atoms with Crippen LogP contribution in [0.2, 0.25) is 0 Å². The summed E-state index contributed by atoms with van der Waals surface area (Å²) in [5, 5.41) is 0. The van der Waals surface area contributed by atoms with E-state index in [0.29, 0.717) is 0 Å². The molecule has 0 aromatic heterocycles. The molecular formula is C12H18N2. The van der Waals surface area contributed by atoms with Gasteiger partial charge in [0.05, 0.1) is 11.4 Å². The first kappa shape index (κ1) is 9.38. The van der Waals surface area contributed by atoms with Crippen molar-refractivity contribution in [1.29, 1.82) is 0 Å². The van der Waals surface area contributed by atoms with E-state index in [2.05, 4.69) is 36.9 Å². The molecule has 0 atom stereocenters. The molecule has 1 aromatic rings. The van der Waals surface area contributed by atoms with Crippen LogP contribution in [0.15, 0.2) is 18.2 Å². The molecule has 1 fully saturated rings. The van der Waals surface area contributed by atoms with Crippen LogP contribution in [0.1, 0.15) is 25.3 Å². The highest BCUT2D eigenvalue weighted by molar-refractivity contribution is 5.69. The third kappa shape index (κ3) is 1.69. The first-order valence-corrected chi connectivity index (χ1v) is 5.35. The van der Waals surface area contributed by atoms with Crippen LogP contribution < -0.4 is 10.6 Å². The average Bonchev–Trinajstić information content (AvgIpc) is 2.93. The van der Waals surface area contributed by atoms with Crippen molar-refractivity contribution in [3.05, 3.63) is 23.8 Å². The third-order valence-electron chi connectivity index (χ3n) is 2.82. The number of benzene rings is 1. The highest BCUT2D eigenvalue weighted by atomic mass is 15.2. The molecule has 2 rings (SSSR count). The fourth-order valence-corrected chi connectivity index (χ4v) is 1.95. The lowest BCUT2D eigenvalue weighted by Gasteiger charge is -2.24. The van der Waals surface area contributed by atoms with E-state index in [1.807, 2.05) is 0 Å². The Morgan fingerprint density at radius 1 is 1.43 bits per heavy atom. The van der Waals surface area contributed by atoms with Crippen LogP contribution in [0.4, 0.5) is 11.4 Å². The monoisotopic (exact) mass is 190 g/mol. The summed E-state index contributed by atoms with van der Waals surface area (Å²) in [5.41, 5.74) is 9.38. The molecule has 1 aromatic carbocycles. The fraction of sp³-hybridized carbons (Fsp3) is 0.500. The topological polar surface area (TPSA) is 29.3 Å². The van der Waals surface area contributed by atoms with Gasteiger partial charge < -0.3 is 10.6 Å². The summed E-state index contributed by atoms with van der Waals surface area (Å²) in [4.78, 5) is 2.41. The van der Waals surface area contributed by atoms with Crippen LogP contribution in [-0.2, 0) is 0 Å². The molecule has 0 radical (unpaired) electrons. The Morgan fingerprint density at radius 2 is 2.14 bits per heavy atom. The predicted molar refractivity (Wildman–Crippen MR) is 61.6 cm³/mol. The molecular weight excluding hydrogens is 172 g/mol. The van der Waals surface area contributed by atoms with Crippen molar-refractivity contribution in [3.63, 3.8) is 0 Å². The molecule has 14 heavy (non-hydrogen) atoms. The summed E-state index contributed by atoms with van der Waals surface area (Å²) >= 11 is 0. The fourth-order valence-electron chi connectivity index (χ4n) is 1.95.